The van der Waals surface area contributed by atoms with E-state index in [1.807, 2.05) is 0 Å². The first-order chi connectivity index (χ1) is 13.1. The van der Waals surface area contributed by atoms with Gasteiger partial charge >= 0.3 is 0 Å². The van der Waals surface area contributed by atoms with Crippen molar-refractivity contribution < 1.29 is 17.9 Å². The van der Waals surface area contributed by atoms with Crippen molar-refractivity contribution in [1.82, 2.24) is 9.21 Å². The fraction of sp³-hybridized carbons (Fsp3) is 0.684. The second kappa shape index (κ2) is 6.79. The van der Waals surface area contributed by atoms with Gasteiger partial charge in [-0.15, -0.1) is 11.6 Å². The predicted molar refractivity (Wildman–Crippen MR) is 103 cm³/mol. The second-order valence-corrected chi connectivity index (χ2v) is 10.4. The van der Waals surface area contributed by atoms with Gasteiger partial charge < -0.3 is 9.47 Å². The van der Waals surface area contributed by atoms with Crippen LogP contribution in [0.2, 0.25) is 0 Å². The molecule has 5 rings (SSSR count). The summed E-state index contributed by atoms with van der Waals surface area (Å²) in [6.45, 7) is 2.90. The number of sulfonamides is 1. The van der Waals surface area contributed by atoms with Crippen LogP contribution in [-0.4, -0.2) is 61.7 Å². The third kappa shape index (κ3) is 3.03. The number of halogens is 1. The molecule has 148 valence electrons. The van der Waals surface area contributed by atoms with Crippen molar-refractivity contribution >= 4 is 21.6 Å². The van der Waals surface area contributed by atoms with Gasteiger partial charge in [0.15, 0.2) is 11.5 Å². The Kier molecular flexibility index (Phi) is 4.54. The standard InChI is InChI=1S/C19H25ClN2O4S/c20-4-7-27(23,24)22-5-1-2-14-11-21-6-3-13-8-18-19(26-12-25-18)9-15(13)17(21)10-16(14)22/h8-9,14,16-17H,1-7,10-12H2/t14-,16+,17-/m0/s1. The highest BCUT2D eigenvalue weighted by Crippen LogP contribution is 2.46. The van der Waals surface area contributed by atoms with Crippen molar-refractivity contribution in [3.05, 3.63) is 23.3 Å². The molecule has 4 heterocycles. The lowest BCUT2D eigenvalue weighted by molar-refractivity contribution is 0.0220. The minimum absolute atomic E-state index is 0.0292. The Morgan fingerprint density at radius 1 is 1.19 bits per heavy atom. The van der Waals surface area contributed by atoms with Crippen LogP contribution >= 0.6 is 11.6 Å². The van der Waals surface area contributed by atoms with Crippen molar-refractivity contribution in [2.45, 2.75) is 37.8 Å². The van der Waals surface area contributed by atoms with Crippen LogP contribution in [0.3, 0.4) is 0 Å². The molecular weight excluding hydrogens is 388 g/mol. The first-order valence-electron chi connectivity index (χ1n) is 9.79. The van der Waals surface area contributed by atoms with Gasteiger partial charge in [0, 0.05) is 37.6 Å². The molecule has 1 aromatic rings. The molecule has 0 bridgehead atoms. The van der Waals surface area contributed by atoms with Gasteiger partial charge in [0.1, 0.15) is 0 Å². The Bertz CT molecular complexity index is 846. The zero-order chi connectivity index (χ0) is 18.6. The van der Waals surface area contributed by atoms with Crippen LogP contribution in [-0.2, 0) is 16.4 Å². The minimum Gasteiger partial charge on any atom is -0.454 e. The van der Waals surface area contributed by atoms with Crippen LogP contribution in [0.5, 0.6) is 11.5 Å². The molecule has 4 aliphatic heterocycles. The zero-order valence-corrected chi connectivity index (χ0v) is 16.8. The topological polar surface area (TPSA) is 59.1 Å². The molecule has 2 fully saturated rings. The third-order valence-electron chi connectivity index (χ3n) is 6.60. The van der Waals surface area contributed by atoms with Gasteiger partial charge in [0.25, 0.3) is 0 Å². The Morgan fingerprint density at radius 3 is 2.81 bits per heavy atom. The largest absolute Gasteiger partial charge is 0.454 e. The van der Waals surface area contributed by atoms with Gasteiger partial charge in [0.05, 0.1) is 5.75 Å². The van der Waals surface area contributed by atoms with Crippen LogP contribution in [0.15, 0.2) is 12.1 Å². The highest BCUT2D eigenvalue weighted by Gasteiger charge is 2.46. The molecule has 27 heavy (non-hydrogen) atoms. The van der Waals surface area contributed by atoms with Crippen LogP contribution in [0.25, 0.3) is 0 Å². The first-order valence-corrected chi connectivity index (χ1v) is 11.9. The predicted octanol–water partition coefficient (Wildman–Crippen LogP) is 2.37. The summed E-state index contributed by atoms with van der Waals surface area (Å²) >= 11 is 5.77. The number of rotatable bonds is 3. The molecular formula is C19H25ClN2O4S. The summed E-state index contributed by atoms with van der Waals surface area (Å²) in [6.07, 6.45) is 3.90. The number of hydrogen-bond acceptors (Lipinski definition) is 5. The molecule has 8 heteroatoms. The van der Waals surface area contributed by atoms with Gasteiger partial charge in [0.2, 0.25) is 16.8 Å². The molecule has 0 radical (unpaired) electrons. The highest BCUT2D eigenvalue weighted by molar-refractivity contribution is 7.89. The summed E-state index contributed by atoms with van der Waals surface area (Å²) in [4.78, 5) is 2.55. The van der Waals surface area contributed by atoms with E-state index in [9.17, 15) is 8.42 Å². The first kappa shape index (κ1) is 18.0. The normalized spacial score (nSPS) is 30.5. The molecule has 1 aromatic carbocycles. The fourth-order valence-electron chi connectivity index (χ4n) is 5.35. The van der Waals surface area contributed by atoms with Gasteiger partial charge in [-0.1, -0.05) is 0 Å². The third-order valence-corrected chi connectivity index (χ3v) is 8.90. The Balaban J connectivity index is 1.47. The molecule has 2 saturated heterocycles. The number of alkyl halides is 1. The minimum atomic E-state index is -3.29. The zero-order valence-electron chi connectivity index (χ0n) is 15.3. The summed E-state index contributed by atoms with van der Waals surface area (Å²) in [5, 5.41) is 0. The second-order valence-electron chi connectivity index (χ2n) is 7.99. The van der Waals surface area contributed by atoms with Crippen LogP contribution in [0.1, 0.15) is 36.4 Å². The smallest absolute Gasteiger partial charge is 0.231 e. The van der Waals surface area contributed by atoms with E-state index in [0.717, 1.165) is 50.3 Å². The van der Waals surface area contributed by atoms with Crippen LogP contribution in [0.4, 0.5) is 0 Å². The molecule has 0 saturated carbocycles. The molecule has 4 aliphatic rings. The van der Waals surface area contributed by atoms with E-state index >= 15 is 0 Å². The van der Waals surface area contributed by atoms with Gasteiger partial charge in [-0.3, -0.25) is 4.90 Å². The van der Waals surface area contributed by atoms with E-state index in [4.69, 9.17) is 21.1 Å². The van der Waals surface area contributed by atoms with Crippen LogP contribution < -0.4 is 9.47 Å². The lowest BCUT2D eigenvalue weighted by Crippen LogP contribution is -2.57. The molecule has 0 aliphatic carbocycles. The highest BCUT2D eigenvalue weighted by atomic mass is 35.5. The average molecular weight is 413 g/mol. The van der Waals surface area contributed by atoms with E-state index in [2.05, 4.69) is 17.0 Å². The Hall–Kier alpha value is -1.02. The van der Waals surface area contributed by atoms with Gasteiger partial charge in [-0.05, 0) is 54.9 Å². The van der Waals surface area contributed by atoms with Gasteiger partial charge in [-0.25, -0.2) is 8.42 Å². The summed E-state index contributed by atoms with van der Waals surface area (Å²) in [6, 6.07) is 4.56. The van der Waals surface area contributed by atoms with Crippen molar-refractivity contribution in [2.24, 2.45) is 5.92 Å². The van der Waals surface area contributed by atoms with Crippen molar-refractivity contribution in [3.8, 4) is 11.5 Å². The van der Waals surface area contributed by atoms with Crippen molar-refractivity contribution in [2.75, 3.05) is 38.1 Å². The van der Waals surface area contributed by atoms with E-state index < -0.39 is 10.0 Å². The maximum atomic E-state index is 12.8. The van der Waals surface area contributed by atoms with Crippen LogP contribution in [0, 0.1) is 5.92 Å². The number of ether oxygens (including phenoxy) is 2. The maximum Gasteiger partial charge on any atom is 0.231 e. The quantitative estimate of drug-likeness (QED) is 0.713. The molecule has 0 amide bonds. The summed E-state index contributed by atoms with van der Waals surface area (Å²) < 4.78 is 38.5. The molecule has 6 nitrogen and oxygen atoms in total. The Labute approximate surface area is 165 Å². The molecule has 0 spiro atoms. The molecule has 0 aromatic heterocycles. The monoisotopic (exact) mass is 412 g/mol. The number of piperidine rings is 2. The lowest BCUT2D eigenvalue weighted by atomic mass is 9.77. The average Bonchev–Trinajstić information content (AvgIpc) is 3.11. The van der Waals surface area contributed by atoms with E-state index in [1.54, 1.807) is 4.31 Å². The molecule has 0 N–H and O–H groups in total. The van der Waals surface area contributed by atoms with E-state index in [0.29, 0.717) is 12.5 Å². The van der Waals surface area contributed by atoms with Gasteiger partial charge in [-0.2, -0.15) is 4.31 Å². The van der Waals surface area contributed by atoms with E-state index in [-0.39, 0.29) is 30.5 Å². The molecule has 0 unspecified atom stereocenters. The number of hydrogen-bond donors (Lipinski definition) is 0. The van der Waals surface area contributed by atoms with Crippen molar-refractivity contribution in [3.63, 3.8) is 0 Å². The molecule has 3 atom stereocenters. The SMILES string of the molecule is O=S(=O)(CCCl)N1CCC[C@H]2CN3CCc4cc5c(cc4[C@@H]3C[C@H]21)OCO5. The fourth-order valence-corrected chi connectivity index (χ4v) is 7.45. The Morgan fingerprint density at radius 2 is 2.00 bits per heavy atom. The number of nitrogens with zero attached hydrogens (tertiary/aromatic N) is 2. The van der Waals surface area contributed by atoms with E-state index in [1.165, 1.54) is 11.1 Å². The summed E-state index contributed by atoms with van der Waals surface area (Å²) in [7, 11) is -3.29. The summed E-state index contributed by atoms with van der Waals surface area (Å²) in [5.74, 6) is 2.24. The lowest BCUT2D eigenvalue weighted by Gasteiger charge is -2.51. The summed E-state index contributed by atoms with van der Waals surface area (Å²) in [5.41, 5.74) is 2.59. The number of fused-ring (bicyclic) bond motifs is 5. The number of benzene rings is 1. The van der Waals surface area contributed by atoms with Crippen molar-refractivity contribution in [1.29, 1.82) is 0 Å². The maximum absolute atomic E-state index is 12.8.